The summed E-state index contributed by atoms with van der Waals surface area (Å²) in [5.74, 6) is 1.63. The molecule has 4 aliphatic heterocycles. The SMILES string of the molecule is C[C@H]1[C@H](C)CC[C@]23CO[C@@]4(C=C[C@@H]5[C@@]6(C)CC[C@H](O[C@@H]7O[C@H](C)[C@H](O)[C@H](O)[C@H]7O[C@@H]7O[C@H](CO)[C@@H](O)[C@H](O)[C@H]7O[C@@H]7O[C@@H](C)[C@H](O)[C@@H](O)[C@H]7O)C(C)(C)[C@@H]6CC[C@@]5(C)C4(C)C[C@H]2O)[C@H]13. The fourth-order valence-electron chi connectivity index (χ4n) is 16.0. The molecule has 16 nitrogen and oxygen atoms in total. The normalized spacial score (nSPS) is 60.2. The maximum absolute atomic E-state index is 12.3. The van der Waals surface area contributed by atoms with Crippen LogP contribution in [0.2, 0.25) is 0 Å². The second-order valence-corrected chi connectivity index (χ2v) is 23.3. The lowest BCUT2D eigenvalue weighted by molar-refractivity contribution is -0.396. The van der Waals surface area contributed by atoms with Gasteiger partial charge in [-0.15, -0.1) is 0 Å². The summed E-state index contributed by atoms with van der Waals surface area (Å²) in [6, 6.07) is 0. The minimum atomic E-state index is -1.79. The number of allylic oxidation sites excluding steroid dienone is 1. The van der Waals surface area contributed by atoms with E-state index in [0.29, 0.717) is 31.3 Å². The lowest BCUT2D eigenvalue weighted by Gasteiger charge is -2.73. The first kappa shape index (κ1) is 48.1. The van der Waals surface area contributed by atoms with E-state index in [2.05, 4.69) is 60.6 Å². The van der Waals surface area contributed by atoms with E-state index in [9.17, 15) is 46.0 Å². The van der Waals surface area contributed by atoms with Crippen molar-refractivity contribution in [2.24, 2.45) is 56.7 Å². The Bertz CT molecular complexity index is 1750. The molecule has 0 aromatic carbocycles. The molecule has 0 radical (unpaired) electrons. The van der Waals surface area contributed by atoms with Gasteiger partial charge in [0.25, 0.3) is 0 Å². The summed E-state index contributed by atoms with van der Waals surface area (Å²) in [4.78, 5) is 0. The van der Waals surface area contributed by atoms with Crippen molar-refractivity contribution in [1.82, 2.24) is 0 Å². The summed E-state index contributed by atoms with van der Waals surface area (Å²) in [7, 11) is 0. The molecule has 4 heterocycles. The lowest BCUT2D eigenvalue weighted by atomic mass is 9.31. The van der Waals surface area contributed by atoms with Crippen molar-refractivity contribution in [1.29, 1.82) is 0 Å². The molecule has 27 atom stereocenters. The Morgan fingerprint density at radius 2 is 1.25 bits per heavy atom. The smallest absolute Gasteiger partial charge is 0.187 e. The Morgan fingerprint density at radius 3 is 1.92 bits per heavy atom. The molecule has 64 heavy (non-hydrogen) atoms. The Balaban J connectivity index is 0.979. The molecule has 8 fully saturated rings. The topological polar surface area (TPSA) is 247 Å². The van der Waals surface area contributed by atoms with Gasteiger partial charge in [-0.25, -0.2) is 0 Å². The van der Waals surface area contributed by atoms with Gasteiger partial charge in [-0.2, -0.15) is 0 Å². The summed E-state index contributed by atoms with van der Waals surface area (Å²) in [5.41, 5.74) is -1.68. The first-order valence-electron chi connectivity index (χ1n) is 24.3. The van der Waals surface area contributed by atoms with E-state index in [1.165, 1.54) is 6.92 Å². The van der Waals surface area contributed by atoms with Crippen molar-refractivity contribution >= 4 is 0 Å². The van der Waals surface area contributed by atoms with Gasteiger partial charge in [-0.3, -0.25) is 0 Å². The van der Waals surface area contributed by atoms with E-state index >= 15 is 0 Å². The molecule has 9 aliphatic rings. The van der Waals surface area contributed by atoms with Crippen LogP contribution in [0, 0.1) is 56.7 Å². The maximum Gasteiger partial charge on any atom is 0.187 e. The van der Waals surface area contributed by atoms with Crippen molar-refractivity contribution in [3.05, 3.63) is 12.2 Å². The standard InChI is InChI=1S/C48H78O16/c1-21-10-16-47-20-58-48(39(47)22(21)2)17-12-27-44(7)14-13-29(43(5,6)26(44)11-15-45(27,8)46(48,9)18-28(47)50)62-41-37(34(55)31(52)24(4)60-41)64-42-38(35(56)32(53)25(19-49)61-42)63-40-36(57)33(54)30(51)23(3)59-40/h12,17,21-42,49-57H,10-11,13-16,18-20H2,1-9H3/t21-,22+,23+,24-,25-,26+,27-,28-,29+,30+,31+,32-,33-,34+,35+,36-,37-,38-,39-,40+,41+,42+,44+,45-,46?,47+,48+/m1/s1. The predicted octanol–water partition coefficient (Wildman–Crippen LogP) is 1.51. The zero-order valence-corrected chi connectivity index (χ0v) is 39.1. The number of rotatable bonds is 7. The molecule has 4 saturated carbocycles. The molecule has 0 amide bonds. The Labute approximate surface area is 377 Å². The molecular formula is C48H78O16. The van der Waals surface area contributed by atoms with E-state index in [-0.39, 0.29) is 39.4 Å². The molecule has 5 aliphatic carbocycles. The third-order valence-electron chi connectivity index (χ3n) is 20.2. The maximum atomic E-state index is 12.3. The van der Waals surface area contributed by atoms with Crippen molar-refractivity contribution in [3.8, 4) is 0 Å². The van der Waals surface area contributed by atoms with Crippen molar-refractivity contribution in [2.45, 2.75) is 217 Å². The molecule has 1 spiro atoms. The molecule has 2 bridgehead atoms. The van der Waals surface area contributed by atoms with E-state index in [1.54, 1.807) is 6.92 Å². The summed E-state index contributed by atoms with van der Waals surface area (Å²) in [6.45, 7) is 19.5. The largest absolute Gasteiger partial charge is 0.394 e. The Hall–Kier alpha value is -0.900. The molecular weight excluding hydrogens is 833 g/mol. The first-order chi connectivity index (χ1) is 29.9. The monoisotopic (exact) mass is 911 g/mol. The van der Waals surface area contributed by atoms with Crippen molar-refractivity contribution in [2.75, 3.05) is 13.2 Å². The number of ether oxygens (including phenoxy) is 7. The van der Waals surface area contributed by atoms with Crippen molar-refractivity contribution < 1.29 is 79.1 Å². The molecule has 9 N–H and O–H groups in total. The minimum Gasteiger partial charge on any atom is -0.394 e. The van der Waals surface area contributed by atoms with Crippen LogP contribution in [0.4, 0.5) is 0 Å². The van der Waals surface area contributed by atoms with E-state index < -0.39 is 122 Å². The third kappa shape index (κ3) is 6.58. The Morgan fingerprint density at radius 1 is 0.641 bits per heavy atom. The van der Waals surface area contributed by atoms with Crippen LogP contribution in [-0.4, -0.2) is 169 Å². The summed E-state index contributed by atoms with van der Waals surface area (Å²) >= 11 is 0. The number of hydrogen-bond donors (Lipinski definition) is 9. The van der Waals surface area contributed by atoms with Gasteiger partial charge in [-0.05, 0) is 98.7 Å². The number of aliphatic hydroxyl groups is 9. The fourth-order valence-corrected chi connectivity index (χ4v) is 16.0. The zero-order valence-electron chi connectivity index (χ0n) is 39.1. The fraction of sp³-hybridized carbons (Fsp3) is 0.958. The van der Waals surface area contributed by atoms with Crippen LogP contribution in [0.5, 0.6) is 0 Å². The van der Waals surface area contributed by atoms with E-state index in [4.69, 9.17) is 33.2 Å². The average molecular weight is 911 g/mol. The number of fused-ring (bicyclic) bond motifs is 4. The molecule has 0 aromatic heterocycles. The first-order valence-corrected chi connectivity index (χ1v) is 24.3. The average Bonchev–Trinajstić information content (AvgIpc) is 3.55. The van der Waals surface area contributed by atoms with E-state index in [0.717, 1.165) is 32.1 Å². The van der Waals surface area contributed by atoms with Gasteiger partial charge < -0.3 is 79.1 Å². The molecule has 16 heteroatoms. The highest BCUT2D eigenvalue weighted by atomic mass is 16.8. The van der Waals surface area contributed by atoms with Crippen LogP contribution >= 0.6 is 0 Å². The molecule has 366 valence electrons. The van der Waals surface area contributed by atoms with Gasteiger partial charge >= 0.3 is 0 Å². The van der Waals surface area contributed by atoms with Crippen molar-refractivity contribution in [3.63, 3.8) is 0 Å². The van der Waals surface area contributed by atoms with Crippen LogP contribution in [0.3, 0.4) is 0 Å². The minimum absolute atomic E-state index is 0.142. The van der Waals surface area contributed by atoms with E-state index in [1.807, 2.05) is 0 Å². The summed E-state index contributed by atoms with van der Waals surface area (Å²) < 4.78 is 44.3. The van der Waals surface area contributed by atoms with Crippen LogP contribution in [-0.2, 0) is 33.2 Å². The number of aliphatic hydroxyl groups excluding tert-OH is 9. The highest BCUT2D eigenvalue weighted by Crippen LogP contribution is 2.79. The van der Waals surface area contributed by atoms with Gasteiger partial charge in [0.15, 0.2) is 18.9 Å². The molecule has 9 rings (SSSR count). The van der Waals surface area contributed by atoms with Gasteiger partial charge in [0, 0.05) is 16.7 Å². The second kappa shape index (κ2) is 16.3. The van der Waals surface area contributed by atoms with Crippen LogP contribution in [0.25, 0.3) is 0 Å². The van der Waals surface area contributed by atoms with Gasteiger partial charge in [-0.1, -0.05) is 60.6 Å². The molecule has 0 aromatic rings. The van der Waals surface area contributed by atoms with Crippen LogP contribution < -0.4 is 0 Å². The number of hydrogen-bond acceptors (Lipinski definition) is 16. The molecule has 4 saturated heterocycles. The van der Waals surface area contributed by atoms with Gasteiger partial charge in [0.05, 0.1) is 43.2 Å². The second-order valence-electron chi connectivity index (χ2n) is 23.3. The predicted molar refractivity (Wildman–Crippen MR) is 227 cm³/mol. The third-order valence-corrected chi connectivity index (χ3v) is 20.2. The van der Waals surface area contributed by atoms with Gasteiger partial charge in [0.2, 0.25) is 0 Å². The Kier molecular flexibility index (Phi) is 12.3. The van der Waals surface area contributed by atoms with Crippen LogP contribution in [0.15, 0.2) is 12.2 Å². The molecule has 1 unspecified atom stereocenters. The highest BCUT2D eigenvalue weighted by Gasteiger charge is 2.79. The quantitative estimate of drug-likeness (QED) is 0.130. The lowest BCUT2D eigenvalue weighted by Crippen LogP contribution is -2.73. The zero-order chi connectivity index (χ0) is 46.4. The summed E-state index contributed by atoms with van der Waals surface area (Å²) in [5, 5.41) is 98.9. The van der Waals surface area contributed by atoms with Gasteiger partial charge in [0.1, 0.15) is 61.0 Å². The highest BCUT2D eigenvalue weighted by molar-refractivity contribution is 5.36. The summed E-state index contributed by atoms with van der Waals surface area (Å²) in [6.07, 6.45) is -11.9. The van der Waals surface area contributed by atoms with Crippen LogP contribution in [0.1, 0.15) is 107 Å².